The van der Waals surface area contributed by atoms with Crippen molar-refractivity contribution in [2.75, 3.05) is 10.2 Å². The number of benzene rings is 1. The molecule has 0 spiro atoms. The molecule has 0 saturated carbocycles. The number of hydrogen-bond acceptors (Lipinski definition) is 4. The molecule has 3 aromatic rings. The third-order valence-electron chi connectivity index (χ3n) is 3.06. The van der Waals surface area contributed by atoms with E-state index in [0.29, 0.717) is 0 Å². The number of hydrogen-bond donors (Lipinski definition) is 2. The van der Waals surface area contributed by atoms with Crippen LogP contribution < -0.4 is 15.8 Å². The highest BCUT2D eigenvalue weighted by Gasteiger charge is 2.20. The van der Waals surface area contributed by atoms with Gasteiger partial charge in [-0.1, -0.05) is 6.07 Å². The molecule has 93 valence electrons. The Morgan fingerprint density at radius 3 is 2.89 bits per heavy atom. The summed E-state index contributed by atoms with van der Waals surface area (Å²) < 4.78 is 1.88. The Morgan fingerprint density at radius 1 is 1.11 bits per heavy atom. The number of nitrogens with one attached hydrogen (secondary N) is 2. The Morgan fingerprint density at radius 2 is 2.00 bits per heavy atom. The highest BCUT2D eigenvalue weighted by Crippen LogP contribution is 2.21. The van der Waals surface area contributed by atoms with Gasteiger partial charge in [-0.05, 0) is 35.7 Å². The molecule has 0 saturated heterocycles. The van der Waals surface area contributed by atoms with Crippen molar-refractivity contribution in [1.82, 2.24) is 15.2 Å². The minimum absolute atomic E-state index is 0.970. The summed E-state index contributed by atoms with van der Waals surface area (Å²) in [6.45, 7) is 0. The Kier molecular flexibility index (Phi) is 2.02. The standard InChI is InChI=1S/C13H11N6/c1-2-8-17(7-1)18-10-15-16-19(18)12-4-3-11-5-6-14-13(11)9-12/h1-9,14,16H. The Balaban J connectivity index is 1.74. The van der Waals surface area contributed by atoms with Crippen LogP contribution in [-0.2, 0) is 0 Å². The minimum Gasteiger partial charge on any atom is -0.361 e. The van der Waals surface area contributed by atoms with Crippen molar-refractivity contribution in [1.29, 1.82) is 0 Å². The van der Waals surface area contributed by atoms with E-state index in [9.17, 15) is 0 Å². The van der Waals surface area contributed by atoms with Crippen LogP contribution in [0.3, 0.4) is 0 Å². The van der Waals surface area contributed by atoms with Gasteiger partial charge in [-0.15, -0.1) is 10.2 Å². The first-order chi connectivity index (χ1) is 9.42. The number of anilines is 1. The molecular formula is C13H11N6. The normalized spacial score (nSPS) is 14.3. The van der Waals surface area contributed by atoms with Crippen LogP contribution in [0, 0.1) is 0 Å². The number of hydrazone groups is 1. The number of fused-ring (bicyclic) bond motifs is 1. The average Bonchev–Trinajstić information content (AvgIpc) is 3.18. The van der Waals surface area contributed by atoms with E-state index in [-0.39, 0.29) is 0 Å². The summed E-state index contributed by atoms with van der Waals surface area (Å²) in [4.78, 5) is 3.20. The number of hydrazine groups is 2. The van der Waals surface area contributed by atoms with Crippen LogP contribution in [0.4, 0.5) is 5.69 Å². The largest absolute Gasteiger partial charge is 0.361 e. The molecule has 0 amide bonds. The summed E-state index contributed by atoms with van der Waals surface area (Å²) >= 11 is 0. The lowest BCUT2D eigenvalue weighted by Gasteiger charge is -2.27. The Labute approximate surface area is 109 Å². The van der Waals surface area contributed by atoms with Crippen molar-refractivity contribution in [3.63, 3.8) is 0 Å². The van der Waals surface area contributed by atoms with Crippen LogP contribution >= 0.6 is 0 Å². The fraction of sp³-hybridized carbons (Fsp3) is 0. The van der Waals surface area contributed by atoms with Crippen molar-refractivity contribution >= 4 is 22.9 Å². The molecule has 19 heavy (non-hydrogen) atoms. The van der Waals surface area contributed by atoms with Crippen molar-refractivity contribution in [2.45, 2.75) is 0 Å². The average molecular weight is 251 g/mol. The fourth-order valence-corrected chi connectivity index (χ4v) is 2.14. The van der Waals surface area contributed by atoms with E-state index >= 15 is 0 Å². The van der Waals surface area contributed by atoms with Crippen LogP contribution in [0.15, 0.2) is 60.1 Å². The van der Waals surface area contributed by atoms with E-state index in [2.05, 4.69) is 34.1 Å². The molecule has 0 atom stereocenters. The minimum atomic E-state index is 0.970. The number of rotatable bonds is 2. The second-order valence-corrected chi connectivity index (χ2v) is 4.23. The zero-order valence-electron chi connectivity index (χ0n) is 9.99. The molecule has 2 aromatic heterocycles. The summed E-state index contributed by atoms with van der Waals surface area (Å²) in [5.41, 5.74) is 4.96. The molecule has 0 fully saturated rings. The Bertz CT molecular complexity index is 727. The smallest absolute Gasteiger partial charge is 0.241 e. The zero-order chi connectivity index (χ0) is 12.7. The Hall–Kier alpha value is -2.89. The van der Waals surface area contributed by atoms with Gasteiger partial charge >= 0.3 is 0 Å². The lowest BCUT2D eigenvalue weighted by Crippen LogP contribution is -2.49. The van der Waals surface area contributed by atoms with Gasteiger partial charge in [-0.3, -0.25) is 0 Å². The molecule has 1 aliphatic heterocycles. The first kappa shape index (κ1) is 10.1. The molecule has 1 radical (unpaired) electrons. The molecule has 2 N–H and O–H groups in total. The van der Waals surface area contributed by atoms with Crippen LogP contribution in [-0.4, -0.2) is 16.0 Å². The summed E-state index contributed by atoms with van der Waals surface area (Å²) in [5, 5.41) is 8.71. The van der Waals surface area contributed by atoms with E-state index < -0.39 is 0 Å². The SMILES string of the molecule is [C]1=NNN(c2ccc3cc[nH]c3c2)N1n1cccc1. The molecular weight excluding hydrogens is 240 g/mol. The highest BCUT2D eigenvalue weighted by molar-refractivity contribution is 5.84. The van der Waals surface area contributed by atoms with Gasteiger partial charge < -0.3 is 4.98 Å². The van der Waals surface area contributed by atoms with E-state index in [1.807, 2.05) is 47.5 Å². The van der Waals surface area contributed by atoms with E-state index in [1.54, 1.807) is 10.2 Å². The van der Waals surface area contributed by atoms with Crippen molar-refractivity contribution in [3.8, 4) is 0 Å². The maximum Gasteiger partial charge on any atom is 0.241 e. The maximum absolute atomic E-state index is 3.97. The van der Waals surface area contributed by atoms with Gasteiger partial charge in [0.15, 0.2) is 0 Å². The molecule has 0 bridgehead atoms. The second-order valence-electron chi connectivity index (χ2n) is 4.23. The zero-order valence-corrected chi connectivity index (χ0v) is 9.99. The predicted molar refractivity (Wildman–Crippen MR) is 74.0 cm³/mol. The molecule has 1 aliphatic rings. The van der Waals surface area contributed by atoms with Gasteiger partial charge in [0.05, 0.1) is 5.69 Å². The first-order valence-corrected chi connectivity index (χ1v) is 5.93. The molecule has 0 unspecified atom stereocenters. The highest BCUT2D eigenvalue weighted by atomic mass is 16.0. The lowest BCUT2D eigenvalue weighted by molar-refractivity contribution is 0.622. The first-order valence-electron chi connectivity index (χ1n) is 5.93. The second kappa shape index (κ2) is 3.81. The molecule has 4 rings (SSSR count). The van der Waals surface area contributed by atoms with Gasteiger partial charge in [-0.2, -0.15) is 10.7 Å². The fourth-order valence-electron chi connectivity index (χ4n) is 2.14. The number of nitrogens with zero attached hydrogens (tertiary/aromatic N) is 4. The molecule has 6 heteroatoms. The van der Waals surface area contributed by atoms with Gasteiger partial charge in [0.2, 0.25) is 6.34 Å². The molecule has 1 aromatic carbocycles. The van der Waals surface area contributed by atoms with Gasteiger partial charge in [0.1, 0.15) is 0 Å². The van der Waals surface area contributed by atoms with E-state index in [4.69, 9.17) is 0 Å². The summed E-state index contributed by atoms with van der Waals surface area (Å²) in [5.74, 6) is 0. The van der Waals surface area contributed by atoms with E-state index in [0.717, 1.165) is 11.2 Å². The summed E-state index contributed by atoms with van der Waals surface area (Å²) in [6, 6.07) is 12.1. The van der Waals surface area contributed by atoms with Crippen LogP contribution in [0.1, 0.15) is 0 Å². The number of H-pyrrole nitrogens is 1. The topological polar surface area (TPSA) is 51.6 Å². The van der Waals surface area contributed by atoms with Crippen LogP contribution in [0.5, 0.6) is 0 Å². The quantitative estimate of drug-likeness (QED) is 0.728. The lowest BCUT2D eigenvalue weighted by atomic mass is 10.2. The summed E-state index contributed by atoms with van der Waals surface area (Å²) in [7, 11) is 0. The van der Waals surface area contributed by atoms with Crippen molar-refractivity contribution in [2.24, 2.45) is 5.10 Å². The van der Waals surface area contributed by atoms with Gasteiger partial charge in [0, 0.05) is 24.1 Å². The molecule has 3 heterocycles. The third kappa shape index (κ3) is 1.54. The van der Waals surface area contributed by atoms with E-state index in [1.165, 1.54) is 5.39 Å². The molecule has 0 aliphatic carbocycles. The van der Waals surface area contributed by atoms with Gasteiger partial charge in [-0.25, -0.2) is 4.68 Å². The van der Waals surface area contributed by atoms with Crippen LogP contribution in [0.2, 0.25) is 0 Å². The molecule has 6 nitrogen and oxygen atoms in total. The number of aromatic nitrogens is 2. The number of aromatic amines is 1. The van der Waals surface area contributed by atoms with Crippen molar-refractivity contribution in [3.05, 3.63) is 55.0 Å². The van der Waals surface area contributed by atoms with Gasteiger partial charge in [0.25, 0.3) is 0 Å². The summed E-state index contributed by atoms with van der Waals surface area (Å²) in [6.07, 6.45) is 8.66. The monoisotopic (exact) mass is 251 g/mol. The van der Waals surface area contributed by atoms with Crippen LogP contribution in [0.25, 0.3) is 10.9 Å². The predicted octanol–water partition coefficient (Wildman–Crippen LogP) is 1.67. The van der Waals surface area contributed by atoms with Crippen molar-refractivity contribution < 1.29 is 0 Å². The third-order valence-corrected chi connectivity index (χ3v) is 3.06. The maximum atomic E-state index is 3.97.